The quantitative estimate of drug-likeness (QED) is 0.841. The van der Waals surface area contributed by atoms with Gasteiger partial charge in [-0.25, -0.2) is 4.98 Å². The molecule has 0 aromatic carbocycles. The highest BCUT2D eigenvalue weighted by Gasteiger charge is 2.39. The molecule has 3 heteroatoms. The molecule has 2 fully saturated rings. The van der Waals surface area contributed by atoms with Gasteiger partial charge in [-0.05, 0) is 49.5 Å². The van der Waals surface area contributed by atoms with E-state index in [-0.39, 0.29) is 0 Å². The molecule has 2 aliphatic carbocycles. The van der Waals surface area contributed by atoms with Gasteiger partial charge in [0.1, 0.15) is 5.82 Å². The van der Waals surface area contributed by atoms with Gasteiger partial charge in [0, 0.05) is 24.5 Å². The number of pyridine rings is 1. The number of nitrogens with two attached hydrogens (primary N) is 1. The molecule has 1 heterocycles. The average Bonchev–Trinajstić information content (AvgIpc) is 2.92. The smallest absolute Gasteiger partial charge is 0.127 e. The van der Waals surface area contributed by atoms with E-state index in [2.05, 4.69) is 10.3 Å². The molecule has 2 bridgehead atoms. The maximum atomic E-state index is 5.88. The minimum absolute atomic E-state index is 0.829. The second kappa shape index (κ2) is 4.21. The van der Waals surface area contributed by atoms with Crippen LogP contribution in [0.4, 0.5) is 11.5 Å². The van der Waals surface area contributed by atoms with Crippen molar-refractivity contribution in [1.82, 2.24) is 4.98 Å². The molecule has 0 radical (unpaired) electrons. The van der Waals surface area contributed by atoms with Crippen LogP contribution < -0.4 is 11.1 Å². The molecule has 2 saturated carbocycles. The van der Waals surface area contributed by atoms with E-state index in [0.717, 1.165) is 41.4 Å². The summed E-state index contributed by atoms with van der Waals surface area (Å²) in [4.78, 5) is 4.37. The van der Waals surface area contributed by atoms with Gasteiger partial charge in [0.25, 0.3) is 0 Å². The number of hydrogen-bond donors (Lipinski definition) is 2. The number of nitrogens with one attached hydrogen (secondary N) is 1. The van der Waals surface area contributed by atoms with Crippen LogP contribution in [-0.2, 0) is 0 Å². The van der Waals surface area contributed by atoms with Crippen molar-refractivity contribution in [3.05, 3.63) is 17.8 Å². The third kappa shape index (κ3) is 2.11. The Labute approximate surface area is 103 Å². The normalized spacial score (nSPS) is 30.8. The Morgan fingerprint density at radius 3 is 2.94 bits per heavy atom. The molecule has 17 heavy (non-hydrogen) atoms. The summed E-state index contributed by atoms with van der Waals surface area (Å²) in [6.45, 7) is 3.05. The molecule has 3 unspecified atom stereocenters. The van der Waals surface area contributed by atoms with Crippen molar-refractivity contribution in [2.24, 2.45) is 17.8 Å². The van der Waals surface area contributed by atoms with Gasteiger partial charge < -0.3 is 11.1 Å². The topological polar surface area (TPSA) is 50.9 Å². The lowest BCUT2D eigenvalue weighted by Gasteiger charge is -2.22. The zero-order valence-corrected chi connectivity index (χ0v) is 10.4. The lowest BCUT2D eigenvalue weighted by atomic mass is 9.89. The first-order valence-electron chi connectivity index (χ1n) is 6.68. The monoisotopic (exact) mass is 231 g/mol. The van der Waals surface area contributed by atoms with Crippen molar-refractivity contribution in [3.63, 3.8) is 0 Å². The van der Waals surface area contributed by atoms with E-state index in [0.29, 0.717) is 0 Å². The van der Waals surface area contributed by atoms with Crippen molar-refractivity contribution >= 4 is 11.5 Å². The van der Waals surface area contributed by atoms with E-state index in [1.54, 1.807) is 0 Å². The fraction of sp³-hybridized carbons (Fsp3) is 0.643. The van der Waals surface area contributed by atoms with E-state index in [1.165, 1.54) is 25.7 Å². The zero-order chi connectivity index (χ0) is 11.8. The Morgan fingerprint density at radius 2 is 2.29 bits per heavy atom. The van der Waals surface area contributed by atoms with E-state index >= 15 is 0 Å². The summed E-state index contributed by atoms with van der Waals surface area (Å²) in [7, 11) is 0. The molecule has 2 aliphatic rings. The Balaban J connectivity index is 1.59. The molecular weight excluding hydrogens is 210 g/mol. The third-order valence-corrected chi connectivity index (χ3v) is 4.57. The second-order valence-electron chi connectivity index (χ2n) is 5.74. The number of aryl methyl sites for hydroxylation is 1. The first-order valence-corrected chi connectivity index (χ1v) is 6.68. The Kier molecular flexibility index (Phi) is 2.69. The van der Waals surface area contributed by atoms with Crippen LogP contribution in [0.5, 0.6) is 0 Å². The summed E-state index contributed by atoms with van der Waals surface area (Å²) >= 11 is 0. The Bertz CT molecular complexity index is 416. The van der Waals surface area contributed by atoms with Crippen LogP contribution in [0.2, 0.25) is 0 Å². The van der Waals surface area contributed by atoms with Gasteiger partial charge in [-0.3, -0.25) is 0 Å². The molecule has 3 rings (SSSR count). The molecule has 1 aromatic heterocycles. The van der Waals surface area contributed by atoms with Gasteiger partial charge in [-0.15, -0.1) is 0 Å². The summed E-state index contributed by atoms with van der Waals surface area (Å²) in [5, 5.41) is 3.45. The van der Waals surface area contributed by atoms with Gasteiger partial charge in [-0.2, -0.15) is 0 Å². The predicted molar refractivity (Wildman–Crippen MR) is 70.8 cm³/mol. The Hall–Kier alpha value is -1.25. The molecule has 92 valence electrons. The molecule has 0 amide bonds. The molecule has 1 aromatic rings. The molecule has 3 N–H and O–H groups in total. The van der Waals surface area contributed by atoms with Crippen LogP contribution in [0.15, 0.2) is 12.3 Å². The van der Waals surface area contributed by atoms with E-state index in [9.17, 15) is 0 Å². The molecular formula is C14H21N3. The van der Waals surface area contributed by atoms with Crippen molar-refractivity contribution in [1.29, 1.82) is 0 Å². The van der Waals surface area contributed by atoms with Crippen LogP contribution in [-0.4, -0.2) is 11.5 Å². The number of hydrogen-bond acceptors (Lipinski definition) is 3. The summed E-state index contributed by atoms with van der Waals surface area (Å²) in [5.41, 5.74) is 7.77. The summed E-state index contributed by atoms with van der Waals surface area (Å²) in [5.74, 6) is 3.77. The van der Waals surface area contributed by atoms with Gasteiger partial charge in [0.2, 0.25) is 0 Å². The number of aromatic nitrogens is 1. The molecule has 3 atom stereocenters. The lowest BCUT2D eigenvalue weighted by Crippen LogP contribution is -2.20. The standard InChI is InChI=1S/C14H21N3/c1-9-7-16-14(6-13(9)15)17-8-12-5-10-2-3-11(12)4-10/h6-7,10-12H,2-5,8H2,1H3,(H3,15,16,17). The fourth-order valence-corrected chi connectivity index (χ4v) is 3.50. The molecule has 0 saturated heterocycles. The number of nitrogens with zero attached hydrogens (tertiary/aromatic N) is 1. The summed E-state index contributed by atoms with van der Waals surface area (Å²) < 4.78 is 0. The van der Waals surface area contributed by atoms with E-state index in [4.69, 9.17) is 5.73 Å². The van der Waals surface area contributed by atoms with Crippen molar-refractivity contribution in [2.75, 3.05) is 17.6 Å². The maximum absolute atomic E-state index is 5.88. The number of fused-ring (bicyclic) bond motifs is 2. The maximum Gasteiger partial charge on any atom is 0.127 e. The summed E-state index contributed by atoms with van der Waals surface area (Å²) in [6.07, 6.45) is 7.64. The second-order valence-corrected chi connectivity index (χ2v) is 5.74. The van der Waals surface area contributed by atoms with Crippen LogP contribution in [0.1, 0.15) is 31.2 Å². The first kappa shape index (κ1) is 10.9. The van der Waals surface area contributed by atoms with E-state index < -0.39 is 0 Å². The number of nitrogen functional groups attached to an aromatic ring is 1. The van der Waals surface area contributed by atoms with Crippen LogP contribution in [0.3, 0.4) is 0 Å². The minimum atomic E-state index is 0.829. The van der Waals surface area contributed by atoms with Crippen molar-refractivity contribution < 1.29 is 0 Å². The molecule has 0 spiro atoms. The highest BCUT2D eigenvalue weighted by atomic mass is 15.0. The lowest BCUT2D eigenvalue weighted by molar-refractivity contribution is 0.348. The largest absolute Gasteiger partial charge is 0.398 e. The number of anilines is 2. The zero-order valence-electron chi connectivity index (χ0n) is 10.4. The average molecular weight is 231 g/mol. The highest BCUT2D eigenvalue weighted by molar-refractivity contribution is 5.53. The molecule has 3 nitrogen and oxygen atoms in total. The third-order valence-electron chi connectivity index (χ3n) is 4.57. The predicted octanol–water partition coefficient (Wildman–Crippen LogP) is 2.82. The van der Waals surface area contributed by atoms with Crippen LogP contribution in [0, 0.1) is 24.7 Å². The Morgan fingerprint density at radius 1 is 1.41 bits per heavy atom. The van der Waals surface area contributed by atoms with Crippen molar-refractivity contribution in [3.8, 4) is 0 Å². The van der Waals surface area contributed by atoms with Crippen LogP contribution >= 0.6 is 0 Å². The van der Waals surface area contributed by atoms with Gasteiger partial charge >= 0.3 is 0 Å². The molecule has 0 aliphatic heterocycles. The van der Waals surface area contributed by atoms with E-state index in [1.807, 2.05) is 19.2 Å². The first-order chi connectivity index (χ1) is 8.22. The minimum Gasteiger partial charge on any atom is -0.398 e. The SMILES string of the molecule is Cc1cnc(NCC2CC3CCC2C3)cc1N. The van der Waals surface area contributed by atoms with Gasteiger partial charge in [-0.1, -0.05) is 6.42 Å². The summed E-state index contributed by atoms with van der Waals surface area (Å²) in [6, 6.07) is 1.95. The van der Waals surface area contributed by atoms with Crippen molar-refractivity contribution in [2.45, 2.75) is 32.6 Å². The fourth-order valence-electron chi connectivity index (χ4n) is 3.50. The van der Waals surface area contributed by atoms with Gasteiger partial charge in [0.15, 0.2) is 0 Å². The van der Waals surface area contributed by atoms with Gasteiger partial charge in [0.05, 0.1) is 0 Å². The highest BCUT2D eigenvalue weighted by Crippen LogP contribution is 2.48. The van der Waals surface area contributed by atoms with Crippen LogP contribution in [0.25, 0.3) is 0 Å². The number of rotatable bonds is 3.